The molecule has 0 fully saturated rings. The molecule has 10 heavy (non-hydrogen) atoms. The summed E-state index contributed by atoms with van der Waals surface area (Å²) in [4.78, 5) is 0. The molecular weight excluding hydrogens is 126 g/mol. The molecule has 62 valence electrons. The molecule has 3 nitrogen and oxygen atoms in total. The molecule has 0 heterocycles. The Morgan fingerprint density at radius 1 is 1.20 bits per heavy atom. The van der Waals surface area contributed by atoms with E-state index in [1.807, 2.05) is 6.92 Å². The zero-order chi connectivity index (χ0) is 8.15. The van der Waals surface area contributed by atoms with Crippen LogP contribution in [0.15, 0.2) is 0 Å². The molecule has 0 aliphatic carbocycles. The predicted molar refractivity (Wildman–Crippen MR) is 44.5 cm³/mol. The van der Waals surface area contributed by atoms with Crippen molar-refractivity contribution >= 4 is 0 Å². The Labute approximate surface area is 62.9 Å². The van der Waals surface area contributed by atoms with E-state index in [0.717, 1.165) is 12.8 Å². The van der Waals surface area contributed by atoms with Gasteiger partial charge in [0.2, 0.25) is 0 Å². The fraction of sp³-hybridized carbons (Fsp3) is 1.00. The SMILES string of the molecule is CCCC(N)C(N)C(C)N. The van der Waals surface area contributed by atoms with Crippen molar-refractivity contribution in [3.05, 3.63) is 0 Å². The van der Waals surface area contributed by atoms with Gasteiger partial charge in [-0.15, -0.1) is 0 Å². The monoisotopic (exact) mass is 145 g/mol. The summed E-state index contributed by atoms with van der Waals surface area (Å²) >= 11 is 0. The summed E-state index contributed by atoms with van der Waals surface area (Å²) in [7, 11) is 0. The van der Waals surface area contributed by atoms with Gasteiger partial charge in [-0.3, -0.25) is 0 Å². The maximum atomic E-state index is 5.72. The van der Waals surface area contributed by atoms with Crippen LogP contribution in [-0.2, 0) is 0 Å². The van der Waals surface area contributed by atoms with E-state index < -0.39 is 0 Å². The topological polar surface area (TPSA) is 78.1 Å². The van der Waals surface area contributed by atoms with Gasteiger partial charge in [-0.25, -0.2) is 0 Å². The lowest BCUT2D eigenvalue weighted by molar-refractivity contribution is 0.438. The van der Waals surface area contributed by atoms with E-state index in [2.05, 4.69) is 6.92 Å². The second-order valence-corrected chi connectivity index (χ2v) is 2.89. The van der Waals surface area contributed by atoms with Crippen molar-refractivity contribution in [3.8, 4) is 0 Å². The minimum atomic E-state index is -0.0556. The standard InChI is InChI=1S/C7H19N3/c1-3-4-6(9)7(10)5(2)8/h5-7H,3-4,8-10H2,1-2H3. The Kier molecular flexibility index (Phi) is 4.60. The molecule has 0 radical (unpaired) electrons. The van der Waals surface area contributed by atoms with E-state index >= 15 is 0 Å². The highest BCUT2D eigenvalue weighted by molar-refractivity contribution is 4.82. The number of hydrogen-bond donors (Lipinski definition) is 3. The van der Waals surface area contributed by atoms with Crippen LogP contribution in [0.2, 0.25) is 0 Å². The zero-order valence-corrected chi connectivity index (χ0v) is 6.88. The lowest BCUT2D eigenvalue weighted by Crippen LogP contribution is -2.51. The second kappa shape index (κ2) is 4.66. The number of rotatable bonds is 4. The smallest absolute Gasteiger partial charge is 0.0343 e. The number of nitrogens with two attached hydrogens (primary N) is 3. The van der Waals surface area contributed by atoms with E-state index in [-0.39, 0.29) is 18.1 Å². The van der Waals surface area contributed by atoms with Gasteiger partial charge in [-0.1, -0.05) is 13.3 Å². The van der Waals surface area contributed by atoms with Gasteiger partial charge in [-0.2, -0.15) is 0 Å². The van der Waals surface area contributed by atoms with Crippen molar-refractivity contribution in [2.45, 2.75) is 44.8 Å². The van der Waals surface area contributed by atoms with E-state index in [1.165, 1.54) is 0 Å². The van der Waals surface area contributed by atoms with Gasteiger partial charge in [-0.05, 0) is 13.3 Å². The molecule has 3 heteroatoms. The number of hydrogen-bond acceptors (Lipinski definition) is 3. The molecule has 0 rings (SSSR count). The summed E-state index contributed by atoms with van der Waals surface area (Å²) in [5.41, 5.74) is 17.0. The van der Waals surface area contributed by atoms with E-state index in [0.29, 0.717) is 0 Å². The highest BCUT2D eigenvalue weighted by atomic mass is 14.8. The van der Waals surface area contributed by atoms with Crippen LogP contribution in [0.25, 0.3) is 0 Å². The van der Waals surface area contributed by atoms with Crippen molar-refractivity contribution in [2.75, 3.05) is 0 Å². The third-order valence-corrected chi connectivity index (χ3v) is 1.72. The Hall–Kier alpha value is -0.120. The molecule has 0 aliphatic heterocycles. The van der Waals surface area contributed by atoms with E-state index in [4.69, 9.17) is 17.2 Å². The second-order valence-electron chi connectivity index (χ2n) is 2.89. The Bertz CT molecular complexity index is 82.9. The van der Waals surface area contributed by atoms with Crippen molar-refractivity contribution < 1.29 is 0 Å². The minimum absolute atomic E-state index is 0.00144. The van der Waals surface area contributed by atoms with Gasteiger partial charge in [0.1, 0.15) is 0 Å². The molecule has 0 amide bonds. The van der Waals surface area contributed by atoms with Crippen LogP contribution in [0.4, 0.5) is 0 Å². The average Bonchev–Trinajstić information content (AvgIpc) is 1.87. The van der Waals surface area contributed by atoms with Crippen LogP contribution in [0.5, 0.6) is 0 Å². The van der Waals surface area contributed by atoms with Gasteiger partial charge < -0.3 is 17.2 Å². The molecule has 3 atom stereocenters. The molecule has 0 aromatic carbocycles. The lowest BCUT2D eigenvalue weighted by Gasteiger charge is -2.22. The highest BCUT2D eigenvalue weighted by Crippen LogP contribution is 1.99. The van der Waals surface area contributed by atoms with Crippen LogP contribution in [0.1, 0.15) is 26.7 Å². The van der Waals surface area contributed by atoms with Crippen molar-refractivity contribution in [2.24, 2.45) is 17.2 Å². The van der Waals surface area contributed by atoms with Crippen LogP contribution in [0, 0.1) is 0 Å². The Morgan fingerprint density at radius 3 is 2.00 bits per heavy atom. The Morgan fingerprint density at radius 2 is 1.70 bits per heavy atom. The quantitative estimate of drug-likeness (QED) is 0.512. The minimum Gasteiger partial charge on any atom is -0.326 e. The third-order valence-electron chi connectivity index (χ3n) is 1.72. The van der Waals surface area contributed by atoms with Gasteiger partial charge in [0.25, 0.3) is 0 Å². The highest BCUT2D eigenvalue weighted by Gasteiger charge is 2.15. The summed E-state index contributed by atoms with van der Waals surface area (Å²) in [6.07, 6.45) is 2.03. The van der Waals surface area contributed by atoms with E-state index in [9.17, 15) is 0 Å². The summed E-state index contributed by atoms with van der Waals surface area (Å²) < 4.78 is 0. The first-order valence-corrected chi connectivity index (χ1v) is 3.86. The maximum Gasteiger partial charge on any atom is 0.0343 e. The first kappa shape index (κ1) is 9.88. The summed E-state index contributed by atoms with van der Waals surface area (Å²) in [5, 5.41) is 0. The Balaban J connectivity index is 3.58. The summed E-state index contributed by atoms with van der Waals surface area (Å²) in [5.74, 6) is 0. The van der Waals surface area contributed by atoms with E-state index in [1.54, 1.807) is 0 Å². The molecule has 0 saturated carbocycles. The first-order valence-electron chi connectivity index (χ1n) is 3.86. The zero-order valence-electron chi connectivity index (χ0n) is 6.88. The average molecular weight is 145 g/mol. The van der Waals surface area contributed by atoms with Crippen molar-refractivity contribution in [1.29, 1.82) is 0 Å². The fourth-order valence-electron chi connectivity index (χ4n) is 0.916. The van der Waals surface area contributed by atoms with Gasteiger partial charge >= 0.3 is 0 Å². The fourth-order valence-corrected chi connectivity index (χ4v) is 0.916. The molecule has 0 aromatic rings. The first-order chi connectivity index (χ1) is 4.59. The molecule has 0 aliphatic rings. The lowest BCUT2D eigenvalue weighted by atomic mass is 10.00. The molecule has 6 N–H and O–H groups in total. The third kappa shape index (κ3) is 3.15. The van der Waals surface area contributed by atoms with Crippen molar-refractivity contribution in [3.63, 3.8) is 0 Å². The molecule has 0 saturated heterocycles. The van der Waals surface area contributed by atoms with Gasteiger partial charge in [0.05, 0.1) is 0 Å². The molecule has 0 aromatic heterocycles. The molecular formula is C7H19N3. The molecule has 0 spiro atoms. The van der Waals surface area contributed by atoms with Crippen molar-refractivity contribution in [1.82, 2.24) is 0 Å². The van der Waals surface area contributed by atoms with Crippen LogP contribution >= 0.6 is 0 Å². The van der Waals surface area contributed by atoms with Crippen LogP contribution < -0.4 is 17.2 Å². The van der Waals surface area contributed by atoms with Crippen LogP contribution in [-0.4, -0.2) is 18.1 Å². The van der Waals surface area contributed by atoms with Crippen LogP contribution in [0.3, 0.4) is 0 Å². The summed E-state index contributed by atoms with van der Waals surface area (Å²) in [6.45, 7) is 3.98. The largest absolute Gasteiger partial charge is 0.326 e. The maximum absolute atomic E-state index is 5.72. The van der Waals surface area contributed by atoms with Gasteiger partial charge in [0.15, 0.2) is 0 Å². The van der Waals surface area contributed by atoms with Gasteiger partial charge in [0, 0.05) is 18.1 Å². The normalized spacial score (nSPS) is 20.1. The molecule has 0 bridgehead atoms. The summed E-state index contributed by atoms with van der Waals surface area (Å²) in [6, 6.07) is 0.00602. The molecule has 3 unspecified atom stereocenters. The predicted octanol–water partition coefficient (Wildman–Crippen LogP) is -0.212.